The fourth-order valence-corrected chi connectivity index (χ4v) is 2.00. The Bertz CT molecular complexity index is 546. The second-order valence-corrected chi connectivity index (χ2v) is 4.68. The lowest BCUT2D eigenvalue weighted by molar-refractivity contribution is 0.673. The predicted octanol–water partition coefficient (Wildman–Crippen LogP) is 2.91. The molecular weight excluding hydrogens is 234 g/mol. The molecule has 3 nitrogen and oxygen atoms in total. The third-order valence-electron chi connectivity index (χ3n) is 3.02. The van der Waals surface area contributed by atoms with Crippen molar-refractivity contribution < 1.29 is 0 Å². The Morgan fingerprint density at radius 2 is 1.95 bits per heavy atom. The van der Waals surface area contributed by atoms with Crippen molar-refractivity contribution in [1.82, 2.24) is 9.88 Å². The summed E-state index contributed by atoms with van der Waals surface area (Å²) in [7, 11) is 0. The van der Waals surface area contributed by atoms with E-state index in [2.05, 4.69) is 41.3 Å². The molecular formula is C16H19N3. The zero-order valence-electron chi connectivity index (χ0n) is 11.3. The van der Waals surface area contributed by atoms with E-state index < -0.39 is 0 Å². The molecule has 0 saturated heterocycles. The molecule has 0 fully saturated rings. The summed E-state index contributed by atoms with van der Waals surface area (Å²) >= 11 is 0. The largest absolute Gasteiger partial charge is 0.350 e. The van der Waals surface area contributed by atoms with Crippen molar-refractivity contribution in [3.05, 3.63) is 59.4 Å². The highest BCUT2D eigenvalue weighted by atomic mass is 14.9. The molecule has 1 N–H and O–H groups in total. The number of nitrogens with one attached hydrogen (secondary N) is 1. The summed E-state index contributed by atoms with van der Waals surface area (Å²) in [6, 6.07) is 12.0. The average Bonchev–Trinajstić information content (AvgIpc) is 2.88. The van der Waals surface area contributed by atoms with Crippen molar-refractivity contribution in [1.29, 1.82) is 5.26 Å². The molecule has 0 aliphatic carbocycles. The highest BCUT2D eigenvalue weighted by Crippen LogP contribution is 2.08. The number of aromatic nitrogens is 1. The van der Waals surface area contributed by atoms with Crippen LogP contribution in [0.25, 0.3) is 0 Å². The quantitative estimate of drug-likeness (QED) is 0.804. The number of hydrogen-bond donors (Lipinski definition) is 1. The monoisotopic (exact) mass is 253 g/mol. The fraction of sp³-hybridized carbons (Fsp3) is 0.312. The third kappa shape index (κ3) is 3.97. The normalized spacial score (nSPS) is 10.3. The molecule has 0 aliphatic rings. The third-order valence-corrected chi connectivity index (χ3v) is 3.02. The Labute approximate surface area is 114 Å². The molecule has 2 aromatic rings. The summed E-state index contributed by atoms with van der Waals surface area (Å²) in [5, 5.41) is 12.2. The van der Waals surface area contributed by atoms with Gasteiger partial charge in [-0.15, -0.1) is 0 Å². The SMILES string of the molecule is CCCNCc1ccn(Cc2ccc(C#N)cc2)c1. The van der Waals surface area contributed by atoms with Gasteiger partial charge in [-0.1, -0.05) is 19.1 Å². The Morgan fingerprint density at radius 3 is 2.63 bits per heavy atom. The molecule has 0 saturated carbocycles. The van der Waals surface area contributed by atoms with Crippen molar-refractivity contribution in [2.75, 3.05) is 6.54 Å². The van der Waals surface area contributed by atoms with Crippen LogP contribution >= 0.6 is 0 Å². The number of rotatable bonds is 6. The van der Waals surface area contributed by atoms with E-state index in [1.165, 1.54) is 11.1 Å². The van der Waals surface area contributed by atoms with Crippen LogP contribution in [0.3, 0.4) is 0 Å². The van der Waals surface area contributed by atoms with E-state index in [1.807, 2.05) is 24.3 Å². The van der Waals surface area contributed by atoms with E-state index in [1.54, 1.807) is 0 Å². The summed E-state index contributed by atoms with van der Waals surface area (Å²) in [5.74, 6) is 0. The summed E-state index contributed by atoms with van der Waals surface area (Å²) in [6.07, 6.45) is 5.42. The molecule has 0 bridgehead atoms. The summed E-state index contributed by atoms with van der Waals surface area (Å²) in [5.41, 5.74) is 3.23. The molecule has 1 heterocycles. The minimum atomic E-state index is 0.709. The first-order valence-electron chi connectivity index (χ1n) is 6.66. The van der Waals surface area contributed by atoms with E-state index in [0.29, 0.717) is 5.56 Å². The van der Waals surface area contributed by atoms with E-state index >= 15 is 0 Å². The number of benzene rings is 1. The molecule has 3 heteroatoms. The molecule has 2 rings (SSSR count). The van der Waals surface area contributed by atoms with Crippen molar-refractivity contribution in [3.63, 3.8) is 0 Å². The van der Waals surface area contributed by atoms with E-state index in [4.69, 9.17) is 5.26 Å². The average molecular weight is 253 g/mol. The van der Waals surface area contributed by atoms with Crippen LogP contribution in [0, 0.1) is 11.3 Å². The van der Waals surface area contributed by atoms with Gasteiger partial charge in [-0.25, -0.2) is 0 Å². The molecule has 0 spiro atoms. The first kappa shape index (κ1) is 13.4. The van der Waals surface area contributed by atoms with Gasteiger partial charge in [0.05, 0.1) is 11.6 Å². The predicted molar refractivity (Wildman–Crippen MR) is 76.7 cm³/mol. The number of hydrogen-bond acceptors (Lipinski definition) is 2. The summed E-state index contributed by atoms with van der Waals surface area (Å²) in [4.78, 5) is 0. The first-order valence-corrected chi connectivity index (χ1v) is 6.66. The lowest BCUT2D eigenvalue weighted by Crippen LogP contribution is -2.13. The fourth-order valence-electron chi connectivity index (χ4n) is 2.00. The lowest BCUT2D eigenvalue weighted by Gasteiger charge is -2.03. The van der Waals surface area contributed by atoms with Crippen molar-refractivity contribution in [3.8, 4) is 6.07 Å². The van der Waals surface area contributed by atoms with E-state index in [0.717, 1.165) is 26.1 Å². The smallest absolute Gasteiger partial charge is 0.0991 e. The van der Waals surface area contributed by atoms with Crippen LogP contribution in [0.4, 0.5) is 0 Å². The maximum atomic E-state index is 8.76. The van der Waals surface area contributed by atoms with Gasteiger partial charge in [0, 0.05) is 25.5 Å². The standard InChI is InChI=1S/C16H19N3/c1-2-8-18-11-16-7-9-19(13-16)12-15-5-3-14(10-17)4-6-15/h3-7,9,13,18H,2,8,11-12H2,1H3. The van der Waals surface area contributed by atoms with Gasteiger partial charge in [-0.3, -0.25) is 0 Å². The van der Waals surface area contributed by atoms with Crippen LogP contribution in [-0.4, -0.2) is 11.1 Å². The van der Waals surface area contributed by atoms with Crippen LogP contribution in [0.5, 0.6) is 0 Å². The van der Waals surface area contributed by atoms with Gasteiger partial charge in [0.2, 0.25) is 0 Å². The topological polar surface area (TPSA) is 40.8 Å². The minimum absolute atomic E-state index is 0.709. The van der Waals surface area contributed by atoms with Crippen LogP contribution in [0.15, 0.2) is 42.7 Å². The Kier molecular flexibility index (Phi) is 4.77. The number of nitriles is 1. The van der Waals surface area contributed by atoms with Gasteiger partial charge >= 0.3 is 0 Å². The van der Waals surface area contributed by atoms with Gasteiger partial charge in [0.15, 0.2) is 0 Å². The molecule has 0 unspecified atom stereocenters. The molecule has 0 amide bonds. The van der Waals surface area contributed by atoms with Gasteiger partial charge in [-0.05, 0) is 42.3 Å². The molecule has 1 aromatic carbocycles. The summed E-state index contributed by atoms with van der Waals surface area (Å²) < 4.78 is 2.17. The molecule has 0 radical (unpaired) electrons. The molecule has 1 aromatic heterocycles. The van der Waals surface area contributed by atoms with Crippen LogP contribution in [0.1, 0.15) is 30.0 Å². The van der Waals surface area contributed by atoms with Gasteiger partial charge in [-0.2, -0.15) is 5.26 Å². The zero-order valence-corrected chi connectivity index (χ0v) is 11.3. The van der Waals surface area contributed by atoms with Crippen LogP contribution in [0.2, 0.25) is 0 Å². The van der Waals surface area contributed by atoms with Crippen molar-refractivity contribution >= 4 is 0 Å². The number of nitrogens with zero attached hydrogens (tertiary/aromatic N) is 2. The summed E-state index contributed by atoms with van der Waals surface area (Å²) in [6.45, 7) is 5.00. The molecule has 0 atom stereocenters. The second-order valence-electron chi connectivity index (χ2n) is 4.68. The Morgan fingerprint density at radius 1 is 1.16 bits per heavy atom. The minimum Gasteiger partial charge on any atom is -0.350 e. The molecule has 98 valence electrons. The van der Waals surface area contributed by atoms with Crippen LogP contribution < -0.4 is 5.32 Å². The van der Waals surface area contributed by atoms with E-state index in [-0.39, 0.29) is 0 Å². The van der Waals surface area contributed by atoms with Crippen molar-refractivity contribution in [2.24, 2.45) is 0 Å². The molecule has 0 aliphatic heterocycles. The first-order chi connectivity index (χ1) is 9.31. The van der Waals surface area contributed by atoms with Gasteiger partial charge in [0.1, 0.15) is 0 Å². The Hall–Kier alpha value is -2.05. The van der Waals surface area contributed by atoms with Crippen molar-refractivity contribution in [2.45, 2.75) is 26.4 Å². The molecule has 19 heavy (non-hydrogen) atoms. The zero-order chi connectivity index (χ0) is 13.5. The lowest BCUT2D eigenvalue weighted by atomic mass is 10.1. The van der Waals surface area contributed by atoms with Gasteiger partial charge in [0.25, 0.3) is 0 Å². The van der Waals surface area contributed by atoms with Crippen LogP contribution in [-0.2, 0) is 13.1 Å². The second kappa shape index (κ2) is 6.77. The highest BCUT2D eigenvalue weighted by molar-refractivity contribution is 5.31. The highest BCUT2D eigenvalue weighted by Gasteiger charge is 1.99. The van der Waals surface area contributed by atoms with Gasteiger partial charge < -0.3 is 9.88 Å². The maximum Gasteiger partial charge on any atom is 0.0991 e. The van der Waals surface area contributed by atoms with E-state index in [9.17, 15) is 0 Å². The maximum absolute atomic E-state index is 8.76. The Balaban J connectivity index is 1.93.